The monoisotopic (exact) mass is 627 g/mol. The molecule has 1 aromatic heterocycles. The number of aliphatic carboxylic acids is 2. The number of carbonyl (C=O) groups is 3. The molecule has 0 saturated heterocycles. The van der Waals surface area contributed by atoms with Gasteiger partial charge in [-0.05, 0) is 36.8 Å². The molecule has 2 aromatic carbocycles. The van der Waals surface area contributed by atoms with Crippen LogP contribution < -0.4 is 15.4 Å². The fraction of sp³-hybridized carbons (Fsp3) is 0.320. The van der Waals surface area contributed by atoms with Crippen molar-refractivity contribution in [1.82, 2.24) is 30.5 Å². The lowest BCUT2D eigenvalue weighted by Gasteiger charge is -2.41. The highest BCUT2D eigenvalue weighted by Gasteiger charge is 2.50. The van der Waals surface area contributed by atoms with E-state index in [1.54, 1.807) is 37.4 Å². The molecule has 0 aliphatic carbocycles. The molecule has 6 N–H and O–H groups in total. The topological polar surface area (TPSA) is 206 Å². The molecule has 0 spiro atoms. The summed E-state index contributed by atoms with van der Waals surface area (Å²) in [6.45, 7) is 2.31. The number of aromatic amines is 1. The minimum atomic E-state index is -5.08. The van der Waals surface area contributed by atoms with Crippen LogP contribution in [0.1, 0.15) is 23.7 Å². The number of aliphatic imine (C=N–C) groups is 1. The number of carboxylic acids is 2. The zero-order chi connectivity index (χ0) is 31.8. The lowest BCUT2D eigenvalue weighted by atomic mass is 10.1. The van der Waals surface area contributed by atoms with Crippen LogP contribution in [0.5, 0.6) is 0 Å². The van der Waals surface area contributed by atoms with E-state index in [1.807, 2.05) is 0 Å². The lowest BCUT2D eigenvalue weighted by Crippen LogP contribution is -2.71. The third-order valence-corrected chi connectivity index (χ3v) is 7.48. The van der Waals surface area contributed by atoms with Crippen LogP contribution in [0, 0.1) is 0 Å². The number of carboxylic acid groups (broad SMARTS) is 2. The molecule has 0 unspecified atom stereocenters. The van der Waals surface area contributed by atoms with E-state index >= 15 is 0 Å². The van der Waals surface area contributed by atoms with Gasteiger partial charge in [-0.25, -0.2) is 18.0 Å². The number of carbonyl (C=O) groups excluding carboxylic acids is 1. The van der Waals surface area contributed by atoms with Gasteiger partial charge in [0.2, 0.25) is 15.7 Å². The van der Waals surface area contributed by atoms with Gasteiger partial charge in [-0.15, -0.1) is 0 Å². The highest BCUT2D eigenvalue weighted by atomic mass is 32.2. The van der Waals surface area contributed by atoms with E-state index in [0.717, 1.165) is 4.90 Å². The summed E-state index contributed by atoms with van der Waals surface area (Å²) in [5.41, 5.74) is -1.48. The highest BCUT2D eigenvalue weighted by molar-refractivity contribution is 7.89. The van der Waals surface area contributed by atoms with Crippen molar-refractivity contribution in [3.8, 4) is 0 Å². The molecule has 0 radical (unpaired) electrons. The summed E-state index contributed by atoms with van der Waals surface area (Å²) < 4.78 is 60.8. The van der Waals surface area contributed by atoms with E-state index in [2.05, 4.69) is 30.5 Å². The van der Waals surface area contributed by atoms with Crippen LogP contribution in [0.15, 0.2) is 64.6 Å². The largest absolute Gasteiger partial charge is 0.490 e. The van der Waals surface area contributed by atoms with Crippen molar-refractivity contribution in [2.24, 2.45) is 4.99 Å². The van der Waals surface area contributed by atoms with Crippen molar-refractivity contribution in [1.29, 1.82) is 0 Å². The number of H-pyrrole nitrogens is 1. The maximum absolute atomic E-state index is 13.8. The zero-order valence-corrected chi connectivity index (χ0v) is 23.4. The molecule has 232 valence electrons. The van der Waals surface area contributed by atoms with E-state index < -0.39 is 46.3 Å². The van der Waals surface area contributed by atoms with Crippen LogP contribution in [0.2, 0.25) is 0 Å². The van der Waals surface area contributed by atoms with Gasteiger partial charge in [0.15, 0.2) is 5.96 Å². The van der Waals surface area contributed by atoms with Gasteiger partial charge in [0.05, 0.1) is 29.7 Å². The van der Waals surface area contributed by atoms with Crippen molar-refractivity contribution in [3.63, 3.8) is 0 Å². The van der Waals surface area contributed by atoms with Crippen molar-refractivity contribution in [2.45, 2.75) is 30.1 Å². The number of sulfonamides is 1. The second-order valence-electron chi connectivity index (χ2n) is 9.03. The quantitative estimate of drug-likeness (QED) is 0.178. The Morgan fingerprint density at radius 1 is 1.07 bits per heavy atom. The van der Waals surface area contributed by atoms with Gasteiger partial charge in [-0.3, -0.25) is 14.9 Å². The Kier molecular flexibility index (Phi) is 10.3. The number of alkyl halides is 3. The fourth-order valence-electron chi connectivity index (χ4n) is 3.95. The number of nitrogens with one attached hydrogen (secondary N) is 4. The first-order chi connectivity index (χ1) is 20.2. The molecule has 14 nitrogen and oxygen atoms in total. The van der Waals surface area contributed by atoms with Crippen LogP contribution in [-0.2, 0) is 19.6 Å². The van der Waals surface area contributed by atoms with Crippen molar-refractivity contribution in [3.05, 3.63) is 60.3 Å². The normalized spacial score (nSPS) is 14.5. The molecule has 2 heterocycles. The van der Waals surface area contributed by atoms with Crippen molar-refractivity contribution >= 4 is 44.7 Å². The molecule has 1 atom stereocenters. The summed E-state index contributed by atoms with van der Waals surface area (Å²) in [5.74, 6) is -4.63. The number of benzene rings is 2. The van der Waals surface area contributed by atoms with Crippen LogP contribution in [0.25, 0.3) is 10.9 Å². The van der Waals surface area contributed by atoms with E-state index in [4.69, 9.17) is 9.90 Å². The molecule has 0 fully saturated rings. The van der Waals surface area contributed by atoms with Crippen molar-refractivity contribution < 1.29 is 46.2 Å². The summed E-state index contributed by atoms with van der Waals surface area (Å²) in [4.78, 5) is 40.7. The van der Waals surface area contributed by atoms with Crippen LogP contribution in [0.4, 0.5) is 13.2 Å². The number of fused-ring (bicyclic) bond motifs is 1. The first kappa shape index (κ1) is 32.8. The fourth-order valence-corrected chi connectivity index (χ4v) is 5.30. The highest BCUT2D eigenvalue weighted by Crippen LogP contribution is 2.23. The molecule has 1 aliphatic heterocycles. The number of amides is 1. The maximum Gasteiger partial charge on any atom is 0.490 e. The molecular formula is C25H28F3N7O7S. The molecule has 18 heteroatoms. The number of guanidine groups is 1. The Morgan fingerprint density at radius 3 is 2.30 bits per heavy atom. The third kappa shape index (κ3) is 7.98. The molecule has 0 saturated carbocycles. The summed E-state index contributed by atoms with van der Waals surface area (Å²) >= 11 is 0. The Balaban J connectivity index is 0.000000646. The second kappa shape index (κ2) is 13.5. The average molecular weight is 628 g/mol. The predicted molar refractivity (Wildman–Crippen MR) is 147 cm³/mol. The number of hydrogen-bond donors (Lipinski definition) is 6. The minimum Gasteiger partial charge on any atom is -0.478 e. The summed E-state index contributed by atoms with van der Waals surface area (Å²) in [7, 11) is -4.35. The van der Waals surface area contributed by atoms with Gasteiger partial charge in [0, 0.05) is 24.0 Å². The van der Waals surface area contributed by atoms with Gasteiger partial charge in [-0.2, -0.15) is 23.0 Å². The molecule has 1 amide bonds. The Hall–Kier alpha value is -4.71. The lowest BCUT2D eigenvalue weighted by molar-refractivity contribution is -0.192. The predicted octanol–water partition coefficient (Wildman–Crippen LogP) is 1.36. The third-order valence-electron chi connectivity index (χ3n) is 5.98. The Morgan fingerprint density at radius 2 is 1.74 bits per heavy atom. The van der Waals surface area contributed by atoms with E-state index in [-0.39, 0.29) is 17.0 Å². The Bertz CT molecular complexity index is 1600. The summed E-state index contributed by atoms with van der Waals surface area (Å²) in [6.07, 6.45) is -3.16. The van der Waals surface area contributed by atoms with Crippen LogP contribution >= 0.6 is 0 Å². The first-order valence-corrected chi connectivity index (χ1v) is 14.1. The van der Waals surface area contributed by atoms with Gasteiger partial charge < -0.3 is 25.7 Å². The minimum absolute atomic E-state index is 0.0343. The van der Waals surface area contributed by atoms with Crippen LogP contribution in [-0.4, -0.2) is 95.6 Å². The summed E-state index contributed by atoms with van der Waals surface area (Å²) in [5, 5.41) is 30.9. The first-order valence-electron chi connectivity index (χ1n) is 12.6. The zero-order valence-electron chi connectivity index (χ0n) is 22.6. The molecule has 1 aliphatic rings. The molecule has 3 aromatic rings. The molecule has 4 rings (SSSR count). The van der Waals surface area contributed by atoms with E-state index in [1.165, 1.54) is 24.3 Å². The number of aromatic nitrogens is 2. The number of rotatable bonds is 10. The second-order valence-corrected chi connectivity index (χ2v) is 10.7. The average Bonchev–Trinajstić information content (AvgIpc) is 3.66. The van der Waals surface area contributed by atoms with E-state index in [9.17, 15) is 36.3 Å². The van der Waals surface area contributed by atoms with Gasteiger partial charge in [-0.1, -0.05) is 25.1 Å². The number of halogens is 3. The maximum atomic E-state index is 13.8. The van der Waals surface area contributed by atoms with Crippen LogP contribution in [0.3, 0.4) is 0 Å². The standard InChI is InChI=1S/C23H27N7O5S.C2HF3O2/c1-2-12-30(20(31)16-8-9-19-17(13-16)14-27-28-19)23(21(32)33,15-26-22-24-10-11-25-22)29-36(34,35)18-6-4-3-5-7-18;3-2(4,5)1(6)7/h3-9,13-14,29H,2,10-12,15H2,1H3,(H,27,28)(H,32,33)(H2,24,25,26);(H,6,7)/t23-;/m1./s1. The van der Waals surface area contributed by atoms with Gasteiger partial charge >= 0.3 is 18.1 Å². The van der Waals surface area contributed by atoms with Gasteiger partial charge in [0.1, 0.15) is 0 Å². The smallest absolute Gasteiger partial charge is 0.478 e. The van der Waals surface area contributed by atoms with E-state index in [0.29, 0.717) is 36.4 Å². The van der Waals surface area contributed by atoms with Gasteiger partial charge in [0.25, 0.3) is 5.91 Å². The number of hydrogen-bond acceptors (Lipinski definition) is 9. The SMILES string of the molecule is CCCN(C(=O)c1ccc2[nH]ncc2c1)[C@@](CNC1=NCCN1)(NS(=O)(=O)c1ccccc1)C(=O)O.O=C(O)C(F)(F)F. The van der Waals surface area contributed by atoms with Crippen molar-refractivity contribution in [2.75, 3.05) is 26.2 Å². The molecule has 0 bridgehead atoms. The Labute approximate surface area is 243 Å². The summed E-state index contributed by atoms with van der Waals surface area (Å²) in [6, 6.07) is 12.2. The molecular weight excluding hydrogens is 599 g/mol. The number of nitrogens with zero attached hydrogens (tertiary/aromatic N) is 3. The molecule has 43 heavy (non-hydrogen) atoms.